The second-order valence-electron chi connectivity index (χ2n) is 21.7. The molecule has 0 spiro atoms. The minimum absolute atomic E-state index is 0.166. The Morgan fingerprint density at radius 3 is 1.31 bits per heavy atom. The molecule has 2 aliphatic rings. The number of hydrogen-bond donors (Lipinski definition) is 0. The van der Waals surface area contributed by atoms with Crippen molar-refractivity contribution in [3.8, 4) is 11.5 Å². The summed E-state index contributed by atoms with van der Waals surface area (Å²) in [4.78, 5) is 26.7. The van der Waals surface area contributed by atoms with Crippen LogP contribution < -0.4 is 9.47 Å². The first-order valence-corrected chi connectivity index (χ1v) is 33.0. The van der Waals surface area contributed by atoms with E-state index in [0.29, 0.717) is 37.1 Å². The Balaban J connectivity index is 0.000000269. The molecule has 4 aromatic rings. The van der Waals surface area contributed by atoms with E-state index in [9.17, 15) is 38.8 Å². The molecule has 0 aliphatic carbocycles. The van der Waals surface area contributed by atoms with E-state index in [4.69, 9.17) is 15.6 Å². The molecule has 2 heterocycles. The number of halogens is 11. The van der Waals surface area contributed by atoms with Gasteiger partial charge in [-0.15, -0.1) is 0 Å². The first kappa shape index (κ1) is 63.5. The van der Waals surface area contributed by atoms with Crippen molar-refractivity contribution in [1.82, 2.24) is 9.80 Å². The SMILES string of the molecule is CC1(C)OI(F)c2ccccc21.CN(CCc1ccc(OC(F)(F)C(F)(F)I2OC(C)(C)c3ccccc32)cc1)C(=O)OC(C)(C)C.CN(CCc1ccc(OC(F)(F)C(F)(F)[Si](C)(C)C)cc1)C(=O)OC(C)(C)C. The summed E-state index contributed by atoms with van der Waals surface area (Å²) >= 11 is -6.86. The van der Waals surface area contributed by atoms with E-state index in [0.717, 1.165) is 34.3 Å². The normalized spacial score (nSPS) is 16.3. The van der Waals surface area contributed by atoms with Crippen molar-refractivity contribution in [2.45, 2.75) is 146 Å². The number of ether oxygens (including phenoxy) is 4. The van der Waals surface area contributed by atoms with Crippen molar-refractivity contribution in [1.29, 1.82) is 0 Å². The van der Waals surface area contributed by atoms with Gasteiger partial charge >= 0.3 is 282 Å². The molecule has 0 aromatic heterocycles. The van der Waals surface area contributed by atoms with Crippen molar-refractivity contribution in [3.05, 3.63) is 126 Å². The zero-order valence-electron chi connectivity index (χ0n) is 44.9. The second kappa shape index (κ2) is 23.9. The summed E-state index contributed by atoms with van der Waals surface area (Å²) in [5, 5.41) is 0. The first-order valence-electron chi connectivity index (χ1n) is 23.7. The molecule has 0 N–H and O–H groups in total. The van der Waals surface area contributed by atoms with Crippen LogP contribution >= 0.6 is 41.0 Å². The number of rotatable bonds is 14. The van der Waals surface area contributed by atoms with Crippen LogP contribution in [-0.2, 0) is 39.7 Å². The topological polar surface area (TPSA) is 96.0 Å². The van der Waals surface area contributed by atoms with Crippen LogP contribution in [0.1, 0.15) is 91.5 Å². The molecule has 4 aromatic carbocycles. The van der Waals surface area contributed by atoms with Gasteiger partial charge in [0, 0.05) is 13.6 Å². The molecule has 22 heteroatoms. The molecule has 2 aliphatic heterocycles. The van der Waals surface area contributed by atoms with Crippen LogP contribution in [0.3, 0.4) is 0 Å². The van der Waals surface area contributed by atoms with Crippen LogP contribution in [0.4, 0.5) is 47.6 Å². The van der Waals surface area contributed by atoms with E-state index < -0.39 is 105 Å². The third-order valence-electron chi connectivity index (χ3n) is 11.0. The smallest absolute Gasteiger partial charge is 0.444 e. The maximum absolute atomic E-state index is 15.1. The Hall–Kier alpha value is -4.01. The summed E-state index contributed by atoms with van der Waals surface area (Å²) in [6.07, 6.45) is -9.45. The summed E-state index contributed by atoms with van der Waals surface area (Å²) in [7, 11) is -0.322. The van der Waals surface area contributed by atoms with Crippen molar-refractivity contribution in [2.75, 3.05) is 27.2 Å². The van der Waals surface area contributed by atoms with Crippen molar-refractivity contribution < 1.29 is 72.7 Å². The summed E-state index contributed by atoms with van der Waals surface area (Å²) in [5.74, 6) is -0.728. The minimum atomic E-state index is -4.76. The number of nitrogens with zero attached hydrogens (tertiary/aromatic N) is 2. The van der Waals surface area contributed by atoms with E-state index in [1.54, 1.807) is 87.7 Å². The van der Waals surface area contributed by atoms with Crippen LogP contribution in [0.15, 0.2) is 97.1 Å². The number of alkyl halides is 9. The van der Waals surface area contributed by atoms with Gasteiger partial charge in [-0.1, -0.05) is 31.8 Å². The molecule has 6 rings (SSSR count). The van der Waals surface area contributed by atoms with Gasteiger partial charge in [0.25, 0.3) is 0 Å². The molecular formula is C53H69F9I2N2O8Si. The van der Waals surface area contributed by atoms with Crippen LogP contribution in [0.2, 0.25) is 19.6 Å². The quantitative estimate of drug-likeness (QED) is 0.0533. The summed E-state index contributed by atoms with van der Waals surface area (Å²) < 4.78 is 156. The molecule has 0 saturated heterocycles. The molecule has 0 saturated carbocycles. The number of carbonyl (C=O) groups is 2. The van der Waals surface area contributed by atoms with E-state index in [1.165, 1.54) is 64.4 Å². The molecule has 420 valence electrons. The van der Waals surface area contributed by atoms with Gasteiger partial charge in [0.1, 0.15) is 25.0 Å². The Labute approximate surface area is 451 Å². The number of fused-ring (bicyclic) bond motifs is 2. The van der Waals surface area contributed by atoms with Gasteiger partial charge in [-0.2, -0.15) is 8.78 Å². The molecular weight excluding hydrogens is 1250 g/mol. The number of benzene rings is 4. The van der Waals surface area contributed by atoms with Gasteiger partial charge in [0.2, 0.25) is 0 Å². The van der Waals surface area contributed by atoms with E-state index in [-0.39, 0.29) is 15.1 Å². The average molecular weight is 1320 g/mol. The predicted molar refractivity (Wildman–Crippen MR) is 290 cm³/mol. The monoisotopic (exact) mass is 1310 g/mol. The third-order valence-corrected chi connectivity index (χ3v) is 21.9. The van der Waals surface area contributed by atoms with Gasteiger partial charge in [0.15, 0.2) is 0 Å². The molecule has 0 fully saturated rings. The molecule has 10 nitrogen and oxygen atoms in total. The van der Waals surface area contributed by atoms with Gasteiger partial charge < -0.3 is 14.4 Å². The third kappa shape index (κ3) is 16.7. The Morgan fingerprint density at radius 1 is 0.560 bits per heavy atom. The van der Waals surface area contributed by atoms with E-state index >= 15 is 8.78 Å². The molecule has 75 heavy (non-hydrogen) atoms. The second-order valence-corrected chi connectivity index (χ2v) is 34.0. The van der Waals surface area contributed by atoms with Gasteiger partial charge in [-0.05, 0) is 65.7 Å². The average Bonchev–Trinajstić information content (AvgIpc) is 3.70. The Kier molecular flexibility index (Phi) is 20.3. The maximum atomic E-state index is 15.1. The summed E-state index contributed by atoms with van der Waals surface area (Å²) in [6.45, 7) is 21.8. The molecule has 0 unspecified atom stereocenters. The number of carbonyl (C=O) groups excluding carboxylic acids is 2. The minimum Gasteiger partial charge on any atom is -0.444 e. The van der Waals surface area contributed by atoms with Crippen LogP contribution in [0.25, 0.3) is 0 Å². The molecule has 0 radical (unpaired) electrons. The first-order chi connectivity index (χ1) is 34.1. The van der Waals surface area contributed by atoms with Gasteiger partial charge in [0.05, 0.1) is 0 Å². The van der Waals surface area contributed by atoms with Crippen molar-refractivity contribution in [3.63, 3.8) is 0 Å². The molecule has 0 atom stereocenters. The standard InChI is InChI=1S/C25H30F4INO4.C19H29F4NO3Si.C9H10FIO/c1-22(2,3)34-21(32)31(6)16-15-17-11-13-18(14-12-17)33-25(28,29)24(26,27)30-20-10-8-7-9-19(20)23(4,5)35-30;1-17(2,3)27-16(25)24(4)13-12-14-8-10-15(11-9-14)26-18(20,21)19(22,23)28(5,6)7;1-9(2)7-5-3-4-6-8(7)11(10)12-9/h7-14H,15-16H2,1-6H3;8-11H,12-13H2,1-7H3;3-6H,1-2H3. The fourth-order valence-electron chi connectivity index (χ4n) is 6.74. The van der Waals surface area contributed by atoms with Crippen LogP contribution in [-0.4, -0.2) is 90.1 Å². The van der Waals surface area contributed by atoms with Gasteiger partial charge in [-0.25, -0.2) is 13.6 Å². The molecule has 0 bridgehead atoms. The number of hydrogen-bond acceptors (Lipinski definition) is 8. The van der Waals surface area contributed by atoms with Crippen molar-refractivity contribution >= 4 is 61.3 Å². The zero-order valence-corrected chi connectivity index (χ0v) is 50.2. The zero-order chi connectivity index (χ0) is 57.0. The Morgan fingerprint density at radius 2 is 0.920 bits per heavy atom. The van der Waals surface area contributed by atoms with E-state index in [2.05, 4.69) is 9.47 Å². The summed E-state index contributed by atoms with van der Waals surface area (Å²) in [5.41, 5.74) is -3.94. The van der Waals surface area contributed by atoms with Crippen LogP contribution in [0, 0.1) is 7.14 Å². The fourth-order valence-corrected chi connectivity index (χ4v) is 16.0. The molecule has 2 amide bonds. The van der Waals surface area contributed by atoms with E-state index in [1.807, 2.05) is 38.1 Å². The predicted octanol–water partition coefficient (Wildman–Crippen LogP) is 16.2. The fraction of sp³-hybridized carbons (Fsp3) is 0.509. The Bertz CT molecular complexity index is 2560. The number of amides is 2. The summed E-state index contributed by atoms with van der Waals surface area (Å²) in [6, 6.07) is 24.7. The van der Waals surface area contributed by atoms with Crippen LogP contribution in [0.5, 0.6) is 11.5 Å². The number of likely N-dealkylation sites (N-methyl/N-ethyl adjacent to an activating group) is 2. The van der Waals surface area contributed by atoms with Gasteiger partial charge in [-0.3, -0.25) is 0 Å². The van der Waals surface area contributed by atoms with Crippen molar-refractivity contribution in [2.24, 2.45) is 0 Å².